The minimum absolute atomic E-state index is 0.0175. The number of benzene rings is 1. The Hall–Kier alpha value is -2.54. The highest BCUT2D eigenvalue weighted by molar-refractivity contribution is 5.42. The monoisotopic (exact) mass is 301 g/mol. The maximum Gasteiger partial charge on any atom is 0.177 e. The molecule has 1 atom stereocenters. The van der Waals surface area contributed by atoms with E-state index >= 15 is 0 Å². The second kappa shape index (κ2) is 6.48. The number of aliphatic hydroxyl groups excluding tert-OH is 1. The van der Waals surface area contributed by atoms with Gasteiger partial charge in [0.1, 0.15) is 18.0 Å². The van der Waals surface area contributed by atoms with Gasteiger partial charge in [0.2, 0.25) is 0 Å². The summed E-state index contributed by atoms with van der Waals surface area (Å²) in [4.78, 5) is 0. The molecule has 114 valence electrons. The maximum absolute atomic E-state index is 12.9. The molecule has 7 heteroatoms. The minimum Gasteiger partial charge on any atom is -0.396 e. The zero-order valence-corrected chi connectivity index (χ0v) is 11.9. The van der Waals surface area contributed by atoms with Crippen molar-refractivity contribution in [2.24, 2.45) is 5.92 Å². The van der Waals surface area contributed by atoms with Crippen molar-refractivity contribution in [3.63, 3.8) is 0 Å². The van der Waals surface area contributed by atoms with Crippen molar-refractivity contribution in [1.29, 1.82) is 0 Å². The Balaban J connectivity index is 1.61. The van der Waals surface area contributed by atoms with Crippen LogP contribution in [-0.4, -0.2) is 38.1 Å². The fourth-order valence-corrected chi connectivity index (χ4v) is 2.23. The zero-order valence-electron chi connectivity index (χ0n) is 11.9. The maximum atomic E-state index is 12.9. The molecule has 1 aromatic carbocycles. The van der Waals surface area contributed by atoms with Crippen molar-refractivity contribution in [1.82, 2.24) is 19.8 Å². The Labute approximate surface area is 126 Å². The van der Waals surface area contributed by atoms with E-state index in [-0.39, 0.29) is 18.3 Å². The van der Waals surface area contributed by atoms with Crippen LogP contribution in [0.4, 0.5) is 10.2 Å². The molecule has 22 heavy (non-hydrogen) atoms. The van der Waals surface area contributed by atoms with Crippen LogP contribution < -0.4 is 5.32 Å². The largest absolute Gasteiger partial charge is 0.396 e. The van der Waals surface area contributed by atoms with E-state index in [1.807, 2.05) is 12.1 Å². The van der Waals surface area contributed by atoms with Crippen LogP contribution in [0.25, 0.3) is 5.65 Å². The predicted octanol–water partition coefficient (Wildman–Crippen LogP) is 1.53. The first-order valence-corrected chi connectivity index (χ1v) is 7.01. The highest BCUT2D eigenvalue weighted by Crippen LogP contribution is 2.11. The smallest absolute Gasteiger partial charge is 0.177 e. The second-order valence-corrected chi connectivity index (χ2v) is 5.11. The fraction of sp³-hybridized carbons (Fsp3) is 0.267. The number of hydrogen-bond donors (Lipinski definition) is 2. The summed E-state index contributed by atoms with van der Waals surface area (Å²) >= 11 is 0. The van der Waals surface area contributed by atoms with Crippen LogP contribution in [0.15, 0.2) is 42.7 Å². The van der Waals surface area contributed by atoms with Gasteiger partial charge in [0.05, 0.1) is 0 Å². The van der Waals surface area contributed by atoms with Crippen molar-refractivity contribution in [2.45, 2.75) is 6.42 Å². The lowest BCUT2D eigenvalue weighted by Crippen LogP contribution is -2.21. The molecule has 0 spiro atoms. The van der Waals surface area contributed by atoms with Gasteiger partial charge in [-0.3, -0.25) is 0 Å². The van der Waals surface area contributed by atoms with Gasteiger partial charge < -0.3 is 10.4 Å². The lowest BCUT2D eigenvalue weighted by molar-refractivity contribution is 0.232. The van der Waals surface area contributed by atoms with E-state index in [0.717, 1.165) is 5.56 Å². The number of aliphatic hydroxyl groups is 1. The van der Waals surface area contributed by atoms with Gasteiger partial charge in [0, 0.05) is 19.1 Å². The molecule has 0 aliphatic heterocycles. The Bertz CT molecular complexity index is 743. The molecule has 0 fully saturated rings. The van der Waals surface area contributed by atoms with Crippen molar-refractivity contribution < 1.29 is 9.50 Å². The molecule has 3 rings (SSSR count). The number of anilines is 1. The highest BCUT2D eigenvalue weighted by Gasteiger charge is 2.09. The van der Waals surface area contributed by atoms with E-state index in [4.69, 9.17) is 0 Å². The standard InChI is InChI=1S/C15H16FN5O/c16-13-3-1-11(2-4-13)7-12(9-22)8-17-14-5-6-15-19-18-10-21(15)20-14/h1-6,10,12,22H,7-9H2,(H,17,20). The number of aromatic nitrogens is 4. The van der Waals surface area contributed by atoms with E-state index in [9.17, 15) is 9.50 Å². The van der Waals surface area contributed by atoms with E-state index in [0.29, 0.717) is 24.4 Å². The van der Waals surface area contributed by atoms with Gasteiger partial charge in [-0.15, -0.1) is 15.3 Å². The molecule has 6 nitrogen and oxygen atoms in total. The molecule has 0 aliphatic rings. The summed E-state index contributed by atoms with van der Waals surface area (Å²) in [7, 11) is 0. The first-order chi connectivity index (χ1) is 10.7. The zero-order chi connectivity index (χ0) is 15.4. The highest BCUT2D eigenvalue weighted by atomic mass is 19.1. The number of fused-ring (bicyclic) bond motifs is 1. The number of hydrogen-bond acceptors (Lipinski definition) is 5. The third kappa shape index (κ3) is 3.37. The molecule has 0 radical (unpaired) electrons. The van der Waals surface area contributed by atoms with Crippen molar-refractivity contribution >= 4 is 11.5 Å². The molecule has 2 heterocycles. The normalized spacial score (nSPS) is 12.5. The Morgan fingerprint density at radius 2 is 2.00 bits per heavy atom. The van der Waals surface area contributed by atoms with E-state index < -0.39 is 0 Å². The van der Waals surface area contributed by atoms with Crippen molar-refractivity contribution in [3.8, 4) is 0 Å². The molecule has 0 amide bonds. The van der Waals surface area contributed by atoms with Crippen LogP contribution in [0.1, 0.15) is 5.56 Å². The van der Waals surface area contributed by atoms with Gasteiger partial charge in [-0.2, -0.15) is 4.52 Å². The average molecular weight is 301 g/mol. The van der Waals surface area contributed by atoms with E-state index in [1.54, 1.807) is 16.6 Å². The molecule has 0 saturated heterocycles. The van der Waals surface area contributed by atoms with Crippen LogP contribution in [0, 0.1) is 11.7 Å². The van der Waals surface area contributed by atoms with Gasteiger partial charge in [0.25, 0.3) is 0 Å². The summed E-state index contributed by atoms with van der Waals surface area (Å²) in [5, 5.41) is 24.7. The number of nitrogens with zero attached hydrogens (tertiary/aromatic N) is 4. The Kier molecular flexibility index (Phi) is 4.24. The molecular formula is C15H16FN5O. The van der Waals surface area contributed by atoms with Gasteiger partial charge in [0.15, 0.2) is 5.65 Å². The Morgan fingerprint density at radius 1 is 1.18 bits per heavy atom. The molecular weight excluding hydrogens is 285 g/mol. The first-order valence-electron chi connectivity index (χ1n) is 7.01. The summed E-state index contributed by atoms with van der Waals surface area (Å²) < 4.78 is 14.5. The van der Waals surface area contributed by atoms with Crippen LogP contribution in [0.3, 0.4) is 0 Å². The topological polar surface area (TPSA) is 75.3 Å². The van der Waals surface area contributed by atoms with Crippen LogP contribution in [-0.2, 0) is 6.42 Å². The molecule has 0 aliphatic carbocycles. The summed E-state index contributed by atoms with van der Waals surface area (Å²) in [5.41, 5.74) is 1.67. The second-order valence-electron chi connectivity index (χ2n) is 5.11. The number of rotatable bonds is 6. The third-order valence-corrected chi connectivity index (χ3v) is 3.43. The SMILES string of the molecule is OCC(CNc1ccc2nncn2n1)Cc1ccc(F)cc1. The quantitative estimate of drug-likeness (QED) is 0.722. The van der Waals surface area contributed by atoms with E-state index in [2.05, 4.69) is 20.6 Å². The minimum atomic E-state index is -0.256. The molecule has 1 unspecified atom stereocenters. The summed E-state index contributed by atoms with van der Waals surface area (Å²) in [6.07, 6.45) is 2.20. The van der Waals surface area contributed by atoms with Gasteiger partial charge in [-0.1, -0.05) is 12.1 Å². The van der Waals surface area contributed by atoms with Crippen LogP contribution >= 0.6 is 0 Å². The third-order valence-electron chi connectivity index (χ3n) is 3.43. The lowest BCUT2D eigenvalue weighted by atomic mass is 10.00. The summed E-state index contributed by atoms with van der Waals surface area (Å²) in [5.74, 6) is 0.447. The fourth-order valence-electron chi connectivity index (χ4n) is 2.23. The molecule has 0 saturated carbocycles. The summed E-state index contributed by atoms with van der Waals surface area (Å²) in [6.45, 7) is 0.605. The molecule has 2 N–H and O–H groups in total. The lowest BCUT2D eigenvalue weighted by Gasteiger charge is -2.15. The molecule has 2 aromatic heterocycles. The number of halogens is 1. The van der Waals surface area contributed by atoms with Crippen molar-refractivity contribution in [3.05, 3.63) is 54.1 Å². The summed E-state index contributed by atoms with van der Waals surface area (Å²) in [6, 6.07) is 9.96. The van der Waals surface area contributed by atoms with Gasteiger partial charge >= 0.3 is 0 Å². The number of nitrogens with one attached hydrogen (secondary N) is 1. The molecule has 3 aromatic rings. The van der Waals surface area contributed by atoms with Crippen LogP contribution in [0.5, 0.6) is 0 Å². The average Bonchev–Trinajstić information content (AvgIpc) is 3.01. The molecule has 0 bridgehead atoms. The Morgan fingerprint density at radius 3 is 2.77 bits per heavy atom. The van der Waals surface area contributed by atoms with E-state index in [1.165, 1.54) is 18.5 Å². The van der Waals surface area contributed by atoms with Crippen molar-refractivity contribution in [2.75, 3.05) is 18.5 Å². The predicted molar refractivity (Wildman–Crippen MR) is 80.0 cm³/mol. The first kappa shape index (κ1) is 14.4. The van der Waals surface area contributed by atoms with Crippen LogP contribution in [0.2, 0.25) is 0 Å². The van der Waals surface area contributed by atoms with Gasteiger partial charge in [-0.25, -0.2) is 4.39 Å². The van der Waals surface area contributed by atoms with Gasteiger partial charge in [-0.05, 0) is 36.2 Å².